The lowest BCUT2D eigenvalue weighted by Gasteiger charge is -2.01. The molecule has 0 aliphatic carbocycles. The van der Waals surface area contributed by atoms with Gasteiger partial charge in [-0.2, -0.15) is 0 Å². The third-order valence-corrected chi connectivity index (χ3v) is 1.80. The fraction of sp³-hybridized carbons (Fsp3) is 0.800. The fourth-order valence-electron chi connectivity index (χ4n) is 1.14. The van der Waals surface area contributed by atoms with Gasteiger partial charge < -0.3 is 5.11 Å². The molecule has 0 aromatic carbocycles. The lowest BCUT2D eigenvalue weighted by molar-refractivity contribution is 0.325. The van der Waals surface area contributed by atoms with E-state index in [1.54, 1.807) is 0 Å². The van der Waals surface area contributed by atoms with Gasteiger partial charge in [-0.3, -0.25) is 0 Å². The molecule has 0 rings (SSSR count). The number of aliphatic hydroxyl groups excluding tert-OH is 1. The summed E-state index contributed by atoms with van der Waals surface area (Å²) in [7, 11) is 0. The molecule has 0 bridgehead atoms. The number of hydrogen-bond donors (Lipinski definition) is 1. The highest BCUT2D eigenvalue weighted by Gasteiger charge is 1.93. The predicted octanol–water partition coefficient (Wildman–Crippen LogP) is 2.90. The molecule has 0 saturated heterocycles. The van der Waals surface area contributed by atoms with Crippen molar-refractivity contribution in [1.82, 2.24) is 0 Å². The Bertz CT molecular complexity index is 105. The highest BCUT2D eigenvalue weighted by atomic mass is 16.3. The summed E-state index contributed by atoms with van der Waals surface area (Å²) in [6.07, 6.45) is 8.02. The van der Waals surface area contributed by atoms with E-state index < -0.39 is 0 Å². The standard InChI is InChI=1S/C10H20O/c1-3-5-6-8-10(9-11)7-4-2/h7,11H,3-6,8-9H2,1-2H3. The van der Waals surface area contributed by atoms with Gasteiger partial charge in [0.2, 0.25) is 0 Å². The zero-order valence-electron chi connectivity index (χ0n) is 7.77. The molecule has 0 atom stereocenters. The molecule has 11 heavy (non-hydrogen) atoms. The van der Waals surface area contributed by atoms with Crippen molar-refractivity contribution in [3.63, 3.8) is 0 Å². The van der Waals surface area contributed by atoms with E-state index in [1.807, 2.05) is 0 Å². The van der Waals surface area contributed by atoms with E-state index >= 15 is 0 Å². The summed E-state index contributed by atoms with van der Waals surface area (Å²) in [5, 5.41) is 8.89. The van der Waals surface area contributed by atoms with Crippen LogP contribution in [0.2, 0.25) is 0 Å². The van der Waals surface area contributed by atoms with Crippen LogP contribution in [0.4, 0.5) is 0 Å². The van der Waals surface area contributed by atoms with Crippen molar-refractivity contribution in [1.29, 1.82) is 0 Å². The predicted molar refractivity (Wildman–Crippen MR) is 49.6 cm³/mol. The van der Waals surface area contributed by atoms with Gasteiger partial charge in [0.15, 0.2) is 0 Å². The molecule has 0 saturated carbocycles. The van der Waals surface area contributed by atoms with E-state index in [4.69, 9.17) is 5.11 Å². The summed E-state index contributed by atoms with van der Waals surface area (Å²) in [6, 6.07) is 0. The lowest BCUT2D eigenvalue weighted by Crippen LogP contribution is -1.90. The summed E-state index contributed by atoms with van der Waals surface area (Å²) in [6.45, 7) is 4.55. The Morgan fingerprint density at radius 2 is 2.00 bits per heavy atom. The van der Waals surface area contributed by atoms with Crippen molar-refractivity contribution in [3.05, 3.63) is 11.6 Å². The van der Waals surface area contributed by atoms with Crippen molar-refractivity contribution < 1.29 is 5.11 Å². The summed E-state index contributed by atoms with van der Waals surface area (Å²) in [5.41, 5.74) is 1.21. The van der Waals surface area contributed by atoms with Crippen LogP contribution in [-0.2, 0) is 0 Å². The Morgan fingerprint density at radius 3 is 2.45 bits per heavy atom. The van der Waals surface area contributed by atoms with Crippen LogP contribution < -0.4 is 0 Å². The Balaban J connectivity index is 3.44. The molecule has 1 nitrogen and oxygen atoms in total. The minimum absolute atomic E-state index is 0.248. The first kappa shape index (κ1) is 10.7. The maximum atomic E-state index is 8.89. The smallest absolute Gasteiger partial charge is 0.0641 e. The van der Waals surface area contributed by atoms with Crippen LogP contribution >= 0.6 is 0 Å². The molecule has 1 N–H and O–H groups in total. The van der Waals surface area contributed by atoms with Crippen LogP contribution in [0, 0.1) is 0 Å². The zero-order chi connectivity index (χ0) is 8.53. The second-order valence-electron chi connectivity index (χ2n) is 2.89. The average Bonchev–Trinajstić information content (AvgIpc) is 2.03. The zero-order valence-corrected chi connectivity index (χ0v) is 7.77. The van der Waals surface area contributed by atoms with Crippen LogP contribution in [0.1, 0.15) is 46.0 Å². The molecule has 0 fully saturated rings. The first-order chi connectivity index (χ1) is 5.35. The minimum Gasteiger partial charge on any atom is -0.392 e. The van der Waals surface area contributed by atoms with Gasteiger partial charge in [0.25, 0.3) is 0 Å². The van der Waals surface area contributed by atoms with Gasteiger partial charge in [0.1, 0.15) is 0 Å². The van der Waals surface area contributed by atoms with Crippen molar-refractivity contribution in [3.8, 4) is 0 Å². The van der Waals surface area contributed by atoms with Gasteiger partial charge >= 0.3 is 0 Å². The Labute approximate surface area is 70.1 Å². The third kappa shape index (κ3) is 6.11. The first-order valence-electron chi connectivity index (χ1n) is 4.63. The molecule has 0 radical (unpaired) electrons. The maximum Gasteiger partial charge on any atom is 0.0641 e. The summed E-state index contributed by atoms with van der Waals surface area (Å²) < 4.78 is 0. The molecular weight excluding hydrogens is 136 g/mol. The normalized spacial score (nSPS) is 12.1. The number of allylic oxidation sites excluding steroid dienone is 1. The van der Waals surface area contributed by atoms with Gasteiger partial charge in [-0.05, 0) is 24.8 Å². The molecule has 66 valence electrons. The SMILES string of the molecule is CCC=C(CO)CCCCC. The molecule has 0 aromatic heterocycles. The van der Waals surface area contributed by atoms with Gasteiger partial charge in [0, 0.05) is 0 Å². The van der Waals surface area contributed by atoms with Gasteiger partial charge in [-0.25, -0.2) is 0 Å². The van der Waals surface area contributed by atoms with Gasteiger partial charge in [0.05, 0.1) is 6.61 Å². The summed E-state index contributed by atoms with van der Waals surface area (Å²) >= 11 is 0. The molecule has 0 aliphatic heterocycles. The second-order valence-corrected chi connectivity index (χ2v) is 2.89. The van der Waals surface area contributed by atoms with Crippen LogP contribution in [-0.4, -0.2) is 11.7 Å². The highest BCUT2D eigenvalue weighted by molar-refractivity contribution is 5.01. The molecular formula is C10H20O. The third-order valence-electron chi connectivity index (χ3n) is 1.80. The first-order valence-corrected chi connectivity index (χ1v) is 4.63. The van der Waals surface area contributed by atoms with Crippen molar-refractivity contribution >= 4 is 0 Å². The van der Waals surface area contributed by atoms with Crippen LogP contribution in [0.3, 0.4) is 0 Å². The monoisotopic (exact) mass is 156 g/mol. The Morgan fingerprint density at radius 1 is 1.27 bits per heavy atom. The number of aliphatic hydroxyl groups is 1. The fourth-order valence-corrected chi connectivity index (χ4v) is 1.14. The summed E-state index contributed by atoms with van der Waals surface area (Å²) in [5.74, 6) is 0. The van der Waals surface area contributed by atoms with E-state index in [9.17, 15) is 0 Å². The largest absolute Gasteiger partial charge is 0.392 e. The molecule has 0 heterocycles. The Hall–Kier alpha value is -0.300. The quantitative estimate of drug-likeness (QED) is 0.463. The van der Waals surface area contributed by atoms with Gasteiger partial charge in [-0.1, -0.05) is 32.8 Å². The number of unbranched alkanes of at least 4 members (excludes halogenated alkanes) is 2. The lowest BCUT2D eigenvalue weighted by atomic mass is 10.1. The van der Waals surface area contributed by atoms with Gasteiger partial charge in [-0.15, -0.1) is 0 Å². The minimum atomic E-state index is 0.248. The second kappa shape index (κ2) is 7.80. The van der Waals surface area contributed by atoms with E-state index in [0.717, 1.165) is 12.8 Å². The van der Waals surface area contributed by atoms with Crippen LogP contribution in [0.25, 0.3) is 0 Å². The average molecular weight is 156 g/mol. The topological polar surface area (TPSA) is 20.2 Å². The summed E-state index contributed by atoms with van der Waals surface area (Å²) in [4.78, 5) is 0. The van der Waals surface area contributed by atoms with E-state index in [0.29, 0.717) is 0 Å². The number of rotatable bonds is 6. The van der Waals surface area contributed by atoms with Crippen molar-refractivity contribution in [2.24, 2.45) is 0 Å². The molecule has 0 unspecified atom stereocenters. The van der Waals surface area contributed by atoms with E-state index in [2.05, 4.69) is 19.9 Å². The molecule has 0 aromatic rings. The van der Waals surface area contributed by atoms with Crippen molar-refractivity contribution in [2.75, 3.05) is 6.61 Å². The van der Waals surface area contributed by atoms with Crippen LogP contribution in [0.15, 0.2) is 11.6 Å². The molecule has 0 spiro atoms. The molecule has 0 amide bonds. The number of hydrogen-bond acceptors (Lipinski definition) is 1. The molecule has 1 heteroatoms. The maximum absolute atomic E-state index is 8.89. The van der Waals surface area contributed by atoms with Crippen LogP contribution in [0.5, 0.6) is 0 Å². The Kier molecular flexibility index (Phi) is 7.59. The van der Waals surface area contributed by atoms with E-state index in [1.165, 1.54) is 24.8 Å². The molecule has 0 aliphatic rings. The highest BCUT2D eigenvalue weighted by Crippen LogP contribution is 2.08. The van der Waals surface area contributed by atoms with Crippen molar-refractivity contribution in [2.45, 2.75) is 46.0 Å². The van der Waals surface area contributed by atoms with E-state index in [-0.39, 0.29) is 6.61 Å².